The average Bonchev–Trinajstić information content (AvgIpc) is 3.68. The molecule has 1 aliphatic rings. The van der Waals surface area contributed by atoms with Gasteiger partial charge in [0.05, 0.1) is 46.5 Å². The molecule has 11 nitrogen and oxygen atoms in total. The number of aromatic nitrogens is 6. The first kappa shape index (κ1) is 31.6. The van der Waals surface area contributed by atoms with E-state index in [0.29, 0.717) is 69.6 Å². The van der Waals surface area contributed by atoms with Crippen LogP contribution in [-0.2, 0) is 22.9 Å². The van der Waals surface area contributed by atoms with Crippen molar-refractivity contribution in [2.24, 2.45) is 7.05 Å². The molecule has 0 unspecified atom stereocenters. The van der Waals surface area contributed by atoms with E-state index in [1.807, 2.05) is 40.8 Å². The first-order chi connectivity index (χ1) is 21.8. The number of halogens is 2. The number of aryl methyl sites for hydroxylation is 3. The topological polar surface area (TPSA) is 101 Å². The lowest BCUT2D eigenvalue weighted by Crippen LogP contribution is -2.45. The number of hydrogen-bond donors (Lipinski definition) is 0. The summed E-state index contributed by atoms with van der Waals surface area (Å²) in [6.07, 6.45) is 4.87. The zero-order valence-electron chi connectivity index (χ0n) is 27.0. The number of benzene rings is 2. The molecule has 0 radical (unpaired) electrons. The molecule has 0 saturated heterocycles. The van der Waals surface area contributed by atoms with Gasteiger partial charge in [-0.2, -0.15) is 10.2 Å². The van der Waals surface area contributed by atoms with Gasteiger partial charge in [-0.05, 0) is 76.9 Å². The van der Waals surface area contributed by atoms with Crippen LogP contribution in [0.5, 0.6) is 0 Å². The third kappa shape index (κ3) is 5.39. The minimum atomic E-state index is -0.716. The van der Waals surface area contributed by atoms with E-state index in [0.717, 1.165) is 5.52 Å². The lowest BCUT2D eigenvalue weighted by molar-refractivity contribution is -0.000779. The van der Waals surface area contributed by atoms with Crippen molar-refractivity contribution in [2.45, 2.75) is 59.6 Å². The molecule has 1 amide bonds. The molecule has 2 aromatic carbocycles. The van der Waals surface area contributed by atoms with Crippen molar-refractivity contribution in [3.8, 4) is 17.2 Å². The Balaban J connectivity index is 1.59. The molecule has 1 aliphatic heterocycles. The highest BCUT2D eigenvalue weighted by Crippen LogP contribution is 2.37. The van der Waals surface area contributed by atoms with E-state index in [9.17, 15) is 14.0 Å². The largest absolute Gasteiger partial charge is 0.444 e. The SMILES string of the molecule is CCOC[C@H]1c2c(nn(-c3cc(C)c(F)c(C)c3)c2-n2ccn(-c3ccc4c(cnn4C)c3Cl)c2=O)CCN1C(=O)OC(C)(C)C. The zero-order chi connectivity index (χ0) is 33.1. The quantitative estimate of drug-likeness (QED) is 0.224. The molecule has 6 rings (SSSR count). The summed E-state index contributed by atoms with van der Waals surface area (Å²) in [4.78, 5) is 29.5. The van der Waals surface area contributed by atoms with Gasteiger partial charge in [0.15, 0.2) is 0 Å². The molecule has 0 saturated carbocycles. The molecular formula is C33H37ClFN7O4. The van der Waals surface area contributed by atoms with Crippen LogP contribution in [0.2, 0.25) is 5.02 Å². The van der Waals surface area contributed by atoms with E-state index >= 15 is 0 Å². The van der Waals surface area contributed by atoms with E-state index < -0.39 is 23.4 Å². The maximum atomic E-state index is 14.8. The van der Waals surface area contributed by atoms with Gasteiger partial charge in [-0.1, -0.05) is 11.6 Å². The summed E-state index contributed by atoms with van der Waals surface area (Å²) >= 11 is 6.82. The molecule has 5 aromatic rings. The van der Waals surface area contributed by atoms with Gasteiger partial charge in [0.1, 0.15) is 17.2 Å². The van der Waals surface area contributed by atoms with Crippen LogP contribution in [0, 0.1) is 19.7 Å². The number of hydrogen-bond acceptors (Lipinski definition) is 6. The van der Waals surface area contributed by atoms with Crippen molar-refractivity contribution in [3.63, 3.8) is 0 Å². The van der Waals surface area contributed by atoms with Crippen LogP contribution in [-0.4, -0.2) is 65.0 Å². The minimum absolute atomic E-state index is 0.155. The fourth-order valence-electron chi connectivity index (χ4n) is 6.02. The number of carbonyl (C=O) groups is 1. The number of ether oxygens (including phenoxy) is 2. The number of rotatable bonds is 6. The molecule has 0 aliphatic carbocycles. The predicted octanol–water partition coefficient (Wildman–Crippen LogP) is 5.98. The molecule has 4 heterocycles. The average molecular weight is 650 g/mol. The molecule has 46 heavy (non-hydrogen) atoms. The molecule has 1 atom stereocenters. The third-order valence-corrected chi connectivity index (χ3v) is 8.55. The number of imidazole rings is 1. The van der Waals surface area contributed by atoms with Gasteiger partial charge in [-0.15, -0.1) is 0 Å². The Morgan fingerprint density at radius 2 is 1.83 bits per heavy atom. The summed E-state index contributed by atoms with van der Waals surface area (Å²) < 4.78 is 32.8. The van der Waals surface area contributed by atoms with Crippen LogP contribution in [0.3, 0.4) is 0 Å². The summed E-state index contributed by atoms with van der Waals surface area (Å²) in [5.41, 5.74) is 3.01. The van der Waals surface area contributed by atoms with E-state index in [-0.39, 0.29) is 12.4 Å². The van der Waals surface area contributed by atoms with Gasteiger partial charge in [0, 0.05) is 50.0 Å². The summed E-state index contributed by atoms with van der Waals surface area (Å²) in [6.45, 7) is 11.6. The predicted molar refractivity (Wildman–Crippen MR) is 173 cm³/mol. The molecule has 0 spiro atoms. The van der Waals surface area contributed by atoms with Gasteiger partial charge in [-0.3, -0.25) is 18.7 Å². The fraction of sp³-hybridized carbons (Fsp3) is 0.394. The Kier molecular flexibility index (Phi) is 8.06. The van der Waals surface area contributed by atoms with Gasteiger partial charge in [0.2, 0.25) is 0 Å². The second kappa shape index (κ2) is 11.7. The molecular weight excluding hydrogens is 613 g/mol. The Morgan fingerprint density at radius 3 is 2.50 bits per heavy atom. The van der Waals surface area contributed by atoms with Gasteiger partial charge in [0.25, 0.3) is 0 Å². The zero-order valence-corrected chi connectivity index (χ0v) is 27.7. The Bertz CT molecular complexity index is 2010. The first-order valence-electron chi connectivity index (χ1n) is 15.2. The highest BCUT2D eigenvalue weighted by atomic mass is 35.5. The van der Waals surface area contributed by atoms with E-state index in [2.05, 4.69) is 5.10 Å². The van der Waals surface area contributed by atoms with Crippen LogP contribution >= 0.6 is 11.6 Å². The molecule has 0 N–H and O–H groups in total. The van der Waals surface area contributed by atoms with E-state index in [1.165, 1.54) is 9.13 Å². The van der Waals surface area contributed by atoms with Crippen molar-refractivity contribution >= 4 is 28.6 Å². The van der Waals surface area contributed by atoms with Gasteiger partial charge in [-0.25, -0.2) is 18.7 Å². The second-order valence-electron chi connectivity index (χ2n) is 12.5. The number of fused-ring (bicyclic) bond motifs is 2. The lowest BCUT2D eigenvalue weighted by atomic mass is 9.98. The minimum Gasteiger partial charge on any atom is -0.444 e. The maximum Gasteiger partial charge on any atom is 0.410 e. The third-order valence-electron chi connectivity index (χ3n) is 8.16. The van der Waals surface area contributed by atoms with Crippen LogP contribution in [0.25, 0.3) is 28.1 Å². The first-order valence-corrected chi connectivity index (χ1v) is 15.6. The Morgan fingerprint density at radius 1 is 1.13 bits per heavy atom. The van der Waals surface area contributed by atoms with E-state index in [4.69, 9.17) is 26.2 Å². The summed E-state index contributed by atoms with van der Waals surface area (Å²) in [5, 5.41) is 10.4. The molecule has 13 heteroatoms. The van der Waals surface area contributed by atoms with Crippen molar-refractivity contribution in [1.82, 2.24) is 33.6 Å². The molecule has 3 aromatic heterocycles. The lowest BCUT2D eigenvalue weighted by Gasteiger charge is -2.36. The molecule has 242 valence electrons. The number of amides is 1. The Labute approximate surface area is 270 Å². The van der Waals surface area contributed by atoms with Crippen LogP contribution in [0.4, 0.5) is 9.18 Å². The van der Waals surface area contributed by atoms with Gasteiger partial charge < -0.3 is 9.47 Å². The van der Waals surface area contributed by atoms with Crippen LogP contribution in [0.1, 0.15) is 56.1 Å². The summed E-state index contributed by atoms with van der Waals surface area (Å²) in [7, 11) is 1.82. The van der Waals surface area contributed by atoms with Crippen molar-refractivity contribution in [2.75, 3.05) is 19.8 Å². The summed E-state index contributed by atoms with van der Waals surface area (Å²) in [6, 6.07) is 6.42. The smallest absolute Gasteiger partial charge is 0.410 e. The maximum absolute atomic E-state index is 14.8. The highest BCUT2D eigenvalue weighted by Gasteiger charge is 2.39. The second-order valence-corrected chi connectivity index (χ2v) is 12.9. The number of carbonyl (C=O) groups excluding carboxylic acids is 1. The van der Waals surface area contributed by atoms with Crippen molar-refractivity contribution in [3.05, 3.63) is 86.6 Å². The summed E-state index contributed by atoms with van der Waals surface area (Å²) in [5.74, 6) is 0.108. The van der Waals surface area contributed by atoms with Crippen molar-refractivity contribution < 1.29 is 18.7 Å². The molecule has 0 bridgehead atoms. The van der Waals surface area contributed by atoms with Crippen LogP contribution < -0.4 is 5.69 Å². The highest BCUT2D eigenvalue weighted by molar-refractivity contribution is 6.37. The fourth-order valence-corrected chi connectivity index (χ4v) is 6.32. The van der Waals surface area contributed by atoms with E-state index in [1.54, 1.807) is 64.9 Å². The van der Waals surface area contributed by atoms with Crippen molar-refractivity contribution in [1.29, 1.82) is 0 Å². The monoisotopic (exact) mass is 649 g/mol. The molecule has 0 fully saturated rings. The van der Waals surface area contributed by atoms with Gasteiger partial charge >= 0.3 is 11.8 Å². The number of nitrogens with zero attached hydrogens (tertiary/aromatic N) is 7. The Hall–Kier alpha value is -4.42. The standard InChI is InChI=1S/C33H37ClFN7O4/c1-8-45-18-26-27-23(11-12-40(26)32(44)46-33(4,5)6)37-42(21-15-19(2)29(35)20(3)16-21)30(27)41-14-13-39(31(41)43)25-10-9-24-22(28(25)34)17-36-38(24)7/h9-10,13-17,26H,8,11-12,18H2,1-7H3/t26-/m0/s1. The van der Waals surface area contributed by atoms with Crippen LogP contribution in [0.15, 0.2) is 47.7 Å². The normalized spacial score (nSPS) is 15.1.